The van der Waals surface area contributed by atoms with Crippen LogP contribution in [0.4, 0.5) is 17.1 Å². The Morgan fingerprint density at radius 2 is 1.67 bits per heavy atom. The van der Waals surface area contributed by atoms with Crippen molar-refractivity contribution in [1.82, 2.24) is 5.43 Å². The maximum absolute atomic E-state index is 12.0. The van der Waals surface area contributed by atoms with Gasteiger partial charge in [0.25, 0.3) is 0 Å². The zero-order valence-corrected chi connectivity index (χ0v) is 17.5. The molecule has 2 amide bonds. The van der Waals surface area contributed by atoms with Gasteiger partial charge in [-0.3, -0.25) is 9.59 Å². The lowest BCUT2D eigenvalue weighted by atomic mass is 10.1. The number of halogens is 2. The Balaban J connectivity index is 1.68. The first-order valence-corrected chi connectivity index (χ1v) is 9.70. The zero-order valence-electron chi connectivity index (χ0n) is 15.9. The van der Waals surface area contributed by atoms with Gasteiger partial charge in [0.1, 0.15) is 0 Å². The van der Waals surface area contributed by atoms with Crippen LogP contribution in [-0.2, 0) is 9.59 Å². The van der Waals surface area contributed by atoms with E-state index < -0.39 is 11.8 Å². The van der Waals surface area contributed by atoms with Crippen LogP contribution < -0.4 is 16.1 Å². The van der Waals surface area contributed by atoms with Gasteiger partial charge >= 0.3 is 11.8 Å². The molecule has 8 heteroatoms. The number of para-hydroxylation sites is 1. The summed E-state index contributed by atoms with van der Waals surface area (Å²) in [5.41, 5.74) is 5.79. The number of hydrogen-bond acceptors (Lipinski definition) is 4. The second-order valence-electron chi connectivity index (χ2n) is 6.34. The molecule has 0 atom stereocenters. The Morgan fingerprint density at radius 1 is 0.900 bits per heavy atom. The van der Waals surface area contributed by atoms with Crippen LogP contribution in [0.3, 0.4) is 0 Å². The van der Waals surface area contributed by atoms with E-state index in [4.69, 9.17) is 23.2 Å². The highest BCUT2D eigenvalue weighted by Gasteiger charge is 2.12. The molecule has 0 heterocycles. The van der Waals surface area contributed by atoms with E-state index >= 15 is 0 Å². The number of aryl methyl sites for hydroxylation is 1. The number of carbonyl (C=O) groups excluding carboxylic acids is 2. The van der Waals surface area contributed by atoms with Crippen LogP contribution >= 0.6 is 23.2 Å². The molecule has 0 spiro atoms. The number of amides is 2. The van der Waals surface area contributed by atoms with Gasteiger partial charge in [-0.15, -0.1) is 0 Å². The second kappa shape index (κ2) is 9.91. The van der Waals surface area contributed by atoms with Crippen LogP contribution in [0, 0.1) is 6.92 Å². The van der Waals surface area contributed by atoms with Crippen molar-refractivity contribution in [3.05, 3.63) is 87.9 Å². The molecule has 0 saturated carbocycles. The molecule has 152 valence electrons. The molecule has 0 bridgehead atoms. The lowest BCUT2D eigenvalue weighted by Gasteiger charge is -2.11. The number of nitrogens with zero attached hydrogens (tertiary/aromatic N) is 1. The molecule has 3 aromatic carbocycles. The van der Waals surface area contributed by atoms with E-state index in [-0.39, 0.29) is 0 Å². The summed E-state index contributed by atoms with van der Waals surface area (Å²) in [6.07, 6.45) is 1.40. The molecule has 0 aliphatic carbocycles. The molecular formula is C22H18Cl2N4O2. The molecule has 0 aliphatic heterocycles. The van der Waals surface area contributed by atoms with Gasteiger partial charge in [0, 0.05) is 32.7 Å². The van der Waals surface area contributed by atoms with Gasteiger partial charge in [0.15, 0.2) is 0 Å². The minimum Gasteiger partial charge on any atom is -0.355 e. The monoisotopic (exact) mass is 440 g/mol. The summed E-state index contributed by atoms with van der Waals surface area (Å²) >= 11 is 12.3. The van der Waals surface area contributed by atoms with Gasteiger partial charge in [0.2, 0.25) is 0 Å². The molecule has 0 aliphatic rings. The van der Waals surface area contributed by atoms with Gasteiger partial charge in [-0.2, -0.15) is 5.10 Å². The fraction of sp³-hybridized carbons (Fsp3) is 0.0455. The average molecular weight is 441 g/mol. The third-order valence-electron chi connectivity index (χ3n) is 4.07. The van der Waals surface area contributed by atoms with Crippen LogP contribution in [0.1, 0.15) is 11.1 Å². The summed E-state index contributed by atoms with van der Waals surface area (Å²) in [5.74, 6) is -1.71. The summed E-state index contributed by atoms with van der Waals surface area (Å²) in [7, 11) is 0. The van der Waals surface area contributed by atoms with E-state index in [1.807, 2.05) is 25.1 Å². The summed E-state index contributed by atoms with van der Waals surface area (Å²) in [6.45, 7) is 1.92. The average Bonchev–Trinajstić information content (AvgIpc) is 2.73. The van der Waals surface area contributed by atoms with Crippen LogP contribution in [0.2, 0.25) is 10.0 Å². The molecular weight excluding hydrogens is 423 g/mol. The number of hydrogen-bond donors (Lipinski definition) is 3. The first-order valence-electron chi connectivity index (χ1n) is 8.94. The second-order valence-corrected chi connectivity index (χ2v) is 7.18. The summed E-state index contributed by atoms with van der Waals surface area (Å²) in [5, 5.41) is 10.7. The predicted molar refractivity (Wildman–Crippen MR) is 122 cm³/mol. The Kier molecular flexibility index (Phi) is 7.06. The predicted octanol–water partition coefficient (Wildman–Crippen LogP) is 5.13. The molecule has 0 aromatic heterocycles. The topological polar surface area (TPSA) is 82.6 Å². The van der Waals surface area contributed by atoms with Gasteiger partial charge in [0.05, 0.1) is 6.21 Å². The van der Waals surface area contributed by atoms with Crippen LogP contribution in [-0.4, -0.2) is 18.0 Å². The van der Waals surface area contributed by atoms with Crippen molar-refractivity contribution in [2.45, 2.75) is 6.92 Å². The molecule has 30 heavy (non-hydrogen) atoms. The standard InChI is InChI=1S/C22H18Cl2N4O2/c1-14-7-9-18(12-19(14)24)26-20-10-8-16(23)11-15(20)13-25-28-22(30)21(29)27-17-5-3-2-4-6-17/h2-13,26H,1H3,(H,27,29)(H,28,30)/b25-13-. The van der Waals surface area contributed by atoms with Crippen molar-refractivity contribution in [1.29, 1.82) is 0 Å². The lowest BCUT2D eigenvalue weighted by Crippen LogP contribution is -2.32. The van der Waals surface area contributed by atoms with E-state index in [0.29, 0.717) is 27.0 Å². The van der Waals surface area contributed by atoms with Gasteiger partial charge in [-0.1, -0.05) is 47.5 Å². The van der Waals surface area contributed by atoms with Crippen molar-refractivity contribution >= 4 is 58.3 Å². The first-order chi connectivity index (χ1) is 14.4. The Bertz CT molecular complexity index is 1100. The minimum atomic E-state index is -0.892. The highest BCUT2D eigenvalue weighted by molar-refractivity contribution is 6.39. The maximum atomic E-state index is 12.0. The largest absolute Gasteiger partial charge is 0.355 e. The highest BCUT2D eigenvalue weighted by Crippen LogP contribution is 2.26. The normalized spacial score (nSPS) is 10.6. The highest BCUT2D eigenvalue weighted by atomic mass is 35.5. The van der Waals surface area contributed by atoms with E-state index in [9.17, 15) is 9.59 Å². The first kappa shape index (κ1) is 21.4. The fourth-order valence-electron chi connectivity index (χ4n) is 2.50. The van der Waals surface area contributed by atoms with Crippen LogP contribution in [0.5, 0.6) is 0 Å². The number of anilines is 3. The molecule has 0 unspecified atom stereocenters. The summed E-state index contributed by atoms with van der Waals surface area (Å²) < 4.78 is 0. The molecule has 0 radical (unpaired) electrons. The van der Waals surface area contributed by atoms with Gasteiger partial charge < -0.3 is 10.6 Å². The number of benzene rings is 3. The van der Waals surface area contributed by atoms with E-state index in [1.54, 1.807) is 48.5 Å². The van der Waals surface area contributed by atoms with Crippen LogP contribution in [0.15, 0.2) is 71.8 Å². The molecule has 0 saturated heterocycles. The molecule has 6 nitrogen and oxygen atoms in total. The Morgan fingerprint density at radius 3 is 2.40 bits per heavy atom. The lowest BCUT2D eigenvalue weighted by molar-refractivity contribution is -0.136. The molecule has 3 N–H and O–H groups in total. The number of rotatable bonds is 5. The SMILES string of the molecule is Cc1ccc(Nc2ccc(Cl)cc2/C=N\NC(=O)C(=O)Nc2ccccc2)cc1Cl. The van der Waals surface area contributed by atoms with Gasteiger partial charge in [-0.05, 0) is 55.0 Å². The van der Waals surface area contributed by atoms with Crippen molar-refractivity contribution in [2.75, 3.05) is 10.6 Å². The summed E-state index contributed by atoms with van der Waals surface area (Å²) in [4.78, 5) is 23.9. The number of hydrazone groups is 1. The van der Waals surface area contributed by atoms with E-state index in [2.05, 4.69) is 21.2 Å². The van der Waals surface area contributed by atoms with Gasteiger partial charge in [-0.25, -0.2) is 5.43 Å². The molecule has 3 rings (SSSR count). The van der Waals surface area contributed by atoms with E-state index in [0.717, 1.165) is 11.3 Å². The van der Waals surface area contributed by atoms with Crippen LogP contribution in [0.25, 0.3) is 0 Å². The zero-order chi connectivity index (χ0) is 21.5. The minimum absolute atomic E-state index is 0.497. The molecule has 3 aromatic rings. The number of carbonyl (C=O) groups is 2. The maximum Gasteiger partial charge on any atom is 0.329 e. The quantitative estimate of drug-likeness (QED) is 0.292. The Labute approximate surface area is 183 Å². The smallest absolute Gasteiger partial charge is 0.329 e. The van der Waals surface area contributed by atoms with Crippen molar-refractivity contribution in [2.24, 2.45) is 5.10 Å². The summed E-state index contributed by atoms with van der Waals surface area (Å²) in [6, 6.07) is 19.5. The third kappa shape index (κ3) is 5.83. The van der Waals surface area contributed by atoms with Crippen molar-refractivity contribution < 1.29 is 9.59 Å². The number of nitrogens with one attached hydrogen (secondary N) is 3. The molecule has 0 fully saturated rings. The van der Waals surface area contributed by atoms with Crippen molar-refractivity contribution in [3.63, 3.8) is 0 Å². The van der Waals surface area contributed by atoms with Crippen molar-refractivity contribution in [3.8, 4) is 0 Å². The van der Waals surface area contributed by atoms with E-state index in [1.165, 1.54) is 6.21 Å². The third-order valence-corrected chi connectivity index (χ3v) is 4.71. The fourth-order valence-corrected chi connectivity index (χ4v) is 2.86. The Hall–Kier alpha value is -3.35.